The van der Waals surface area contributed by atoms with Gasteiger partial charge in [-0.25, -0.2) is 4.79 Å². The molecule has 0 aliphatic rings. The van der Waals surface area contributed by atoms with Gasteiger partial charge in [0, 0.05) is 39.6 Å². The molecule has 5 heteroatoms. The number of benzene rings is 1. The second-order valence-corrected chi connectivity index (χ2v) is 5.18. The van der Waals surface area contributed by atoms with Crippen molar-refractivity contribution in [1.29, 1.82) is 0 Å². The van der Waals surface area contributed by atoms with Crippen molar-refractivity contribution in [3.05, 3.63) is 47.9 Å². The van der Waals surface area contributed by atoms with Crippen molar-refractivity contribution in [2.45, 2.75) is 6.61 Å². The van der Waals surface area contributed by atoms with E-state index in [0.717, 1.165) is 11.4 Å². The van der Waals surface area contributed by atoms with Crippen LogP contribution in [0, 0.1) is 0 Å². The molecule has 1 heterocycles. The highest BCUT2D eigenvalue weighted by atomic mass is 16.5. The number of hydrogen-bond donors (Lipinski definition) is 0. The van der Waals surface area contributed by atoms with Gasteiger partial charge < -0.3 is 19.0 Å². The van der Waals surface area contributed by atoms with Crippen molar-refractivity contribution in [3.8, 4) is 0 Å². The van der Waals surface area contributed by atoms with E-state index in [1.807, 2.05) is 56.2 Å². The van der Waals surface area contributed by atoms with Crippen molar-refractivity contribution in [1.82, 2.24) is 0 Å². The lowest BCUT2D eigenvalue weighted by molar-refractivity contribution is 0.0445. The van der Waals surface area contributed by atoms with E-state index in [0.29, 0.717) is 11.3 Å². The predicted octanol–water partition coefficient (Wildman–Crippen LogP) is 2.77. The molecule has 5 nitrogen and oxygen atoms in total. The molecule has 0 bridgehead atoms. The minimum atomic E-state index is -0.363. The molecule has 0 saturated heterocycles. The van der Waals surface area contributed by atoms with Crippen LogP contribution in [0.3, 0.4) is 0 Å². The summed E-state index contributed by atoms with van der Waals surface area (Å²) in [6.45, 7) is 0.134. The van der Waals surface area contributed by atoms with Crippen LogP contribution in [0.5, 0.6) is 0 Å². The molecule has 0 saturated carbocycles. The first-order valence-corrected chi connectivity index (χ1v) is 6.66. The molecule has 0 unspecified atom stereocenters. The third kappa shape index (κ3) is 3.78. The molecular formula is C16H20N2O3. The fourth-order valence-corrected chi connectivity index (χ4v) is 1.84. The lowest BCUT2D eigenvalue weighted by Gasteiger charge is -2.19. The molecule has 1 aromatic heterocycles. The number of nitrogens with zero attached hydrogens (tertiary/aromatic N) is 2. The van der Waals surface area contributed by atoms with Crippen molar-refractivity contribution in [2.24, 2.45) is 0 Å². The second kappa shape index (κ2) is 6.35. The summed E-state index contributed by atoms with van der Waals surface area (Å²) >= 11 is 0. The number of ether oxygens (including phenoxy) is 1. The number of esters is 1. The van der Waals surface area contributed by atoms with Gasteiger partial charge in [0.1, 0.15) is 12.4 Å². The molecular weight excluding hydrogens is 268 g/mol. The first-order chi connectivity index (χ1) is 9.97. The van der Waals surface area contributed by atoms with Crippen LogP contribution >= 0.6 is 0 Å². The summed E-state index contributed by atoms with van der Waals surface area (Å²) in [6, 6.07) is 9.19. The average Bonchev–Trinajstić information content (AvgIpc) is 2.97. The van der Waals surface area contributed by atoms with Gasteiger partial charge in [0.05, 0.1) is 11.8 Å². The van der Waals surface area contributed by atoms with Crippen LogP contribution in [0.4, 0.5) is 11.4 Å². The van der Waals surface area contributed by atoms with Crippen LogP contribution in [0.25, 0.3) is 0 Å². The van der Waals surface area contributed by atoms with Crippen LogP contribution < -0.4 is 9.80 Å². The molecule has 0 aliphatic heterocycles. The van der Waals surface area contributed by atoms with Gasteiger partial charge in [-0.2, -0.15) is 0 Å². The van der Waals surface area contributed by atoms with Crippen molar-refractivity contribution < 1.29 is 13.9 Å². The van der Waals surface area contributed by atoms with Gasteiger partial charge in [-0.05, 0) is 30.3 Å². The third-order valence-corrected chi connectivity index (χ3v) is 3.10. The first kappa shape index (κ1) is 15.0. The molecule has 1 aromatic carbocycles. The summed E-state index contributed by atoms with van der Waals surface area (Å²) in [7, 11) is 7.75. The first-order valence-electron chi connectivity index (χ1n) is 6.66. The number of rotatable bonds is 5. The van der Waals surface area contributed by atoms with Crippen molar-refractivity contribution in [2.75, 3.05) is 38.0 Å². The van der Waals surface area contributed by atoms with E-state index in [-0.39, 0.29) is 12.6 Å². The van der Waals surface area contributed by atoms with Gasteiger partial charge in [0.2, 0.25) is 0 Å². The Labute approximate surface area is 124 Å². The number of anilines is 2. The van der Waals surface area contributed by atoms with Crippen LogP contribution in [0.15, 0.2) is 41.0 Å². The molecule has 0 fully saturated rings. The average molecular weight is 288 g/mol. The molecule has 21 heavy (non-hydrogen) atoms. The summed E-state index contributed by atoms with van der Waals surface area (Å²) in [6.07, 6.45) is 1.56. The molecule has 0 radical (unpaired) electrons. The van der Waals surface area contributed by atoms with E-state index < -0.39 is 0 Å². The predicted molar refractivity (Wildman–Crippen MR) is 82.9 cm³/mol. The van der Waals surface area contributed by atoms with Gasteiger partial charge >= 0.3 is 5.97 Å². The van der Waals surface area contributed by atoms with Crippen LogP contribution in [0.1, 0.15) is 16.1 Å². The minimum Gasteiger partial charge on any atom is -0.466 e. The van der Waals surface area contributed by atoms with Crippen molar-refractivity contribution in [3.63, 3.8) is 0 Å². The SMILES string of the molecule is CN(C)c1cc(C(=O)OCc2ccco2)cc(N(C)C)c1. The quantitative estimate of drug-likeness (QED) is 0.792. The fourth-order valence-electron chi connectivity index (χ4n) is 1.84. The molecule has 0 amide bonds. The Morgan fingerprint density at radius 2 is 1.71 bits per heavy atom. The van der Waals surface area contributed by atoms with E-state index in [1.54, 1.807) is 18.4 Å². The molecule has 0 spiro atoms. The second-order valence-electron chi connectivity index (χ2n) is 5.18. The molecule has 2 aromatic rings. The van der Waals surface area contributed by atoms with E-state index in [9.17, 15) is 4.79 Å². The maximum Gasteiger partial charge on any atom is 0.338 e. The summed E-state index contributed by atoms with van der Waals surface area (Å²) < 4.78 is 10.4. The Balaban J connectivity index is 2.18. The zero-order valence-corrected chi connectivity index (χ0v) is 12.8. The Morgan fingerprint density at radius 3 is 2.19 bits per heavy atom. The topological polar surface area (TPSA) is 45.9 Å². The van der Waals surface area contributed by atoms with Gasteiger partial charge in [-0.15, -0.1) is 0 Å². The van der Waals surface area contributed by atoms with Crippen LogP contribution in [0.2, 0.25) is 0 Å². The Kier molecular flexibility index (Phi) is 4.52. The maximum absolute atomic E-state index is 12.2. The lowest BCUT2D eigenvalue weighted by Crippen LogP contribution is -2.15. The Bertz CT molecular complexity index is 578. The summed E-state index contributed by atoms with van der Waals surface area (Å²) in [4.78, 5) is 16.1. The minimum absolute atomic E-state index is 0.134. The Morgan fingerprint density at radius 1 is 1.10 bits per heavy atom. The molecule has 112 valence electrons. The van der Waals surface area contributed by atoms with E-state index in [4.69, 9.17) is 9.15 Å². The van der Waals surface area contributed by atoms with Gasteiger partial charge in [-0.1, -0.05) is 0 Å². The summed E-state index contributed by atoms with van der Waals surface area (Å²) in [5.41, 5.74) is 2.42. The zero-order chi connectivity index (χ0) is 15.4. The highest BCUT2D eigenvalue weighted by Gasteiger charge is 2.13. The van der Waals surface area contributed by atoms with Crippen molar-refractivity contribution >= 4 is 17.3 Å². The zero-order valence-electron chi connectivity index (χ0n) is 12.8. The summed E-state index contributed by atoms with van der Waals surface area (Å²) in [5, 5.41) is 0. The summed E-state index contributed by atoms with van der Waals surface area (Å²) in [5.74, 6) is 0.262. The fraction of sp³-hybridized carbons (Fsp3) is 0.312. The molecule has 0 atom stereocenters. The maximum atomic E-state index is 12.2. The third-order valence-electron chi connectivity index (χ3n) is 3.10. The van der Waals surface area contributed by atoms with Crippen LogP contribution in [-0.2, 0) is 11.3 Å². The van der Waals surface area contributed by atoms with Gasteiger partial charge in [0.15, 0.2) is 0 Å². The van der Waals surface area contributed by atoms with Gasteiger partial charge in [0.25, 0.3) is 0 Å². The largest absolute Gasteiger partial charge is 0.466 e. The number of carbonyl (C=O) groups excluding carboxylic acids is 1. The highest BCUT2D eigenvalue weighted by molar-refractivity contribution is 5.92. The molecule has 0 N–H and O–H groups in total. The van der Waals surface area contributed by atoms with E-state index >= 15 is 0 Å². The number of hydrogen-bond acceptors (Lipinski definition) is 5. The van der Waals surface area contributed by atoms with E-state index in [1.165, 1.54) is 0 Å². The monoisotopic (exact) mass is 288 g/mol. The standard InChI is InChI=1S/C16H20N2O3/c1-17(2)13-8-12(9-14(10-13)18(3)4)16(19)21-11-15-6-5-7-20-15/h5-10H,11H2,1-4H3. The van der Waals surface area contributed by atoms with Gasteiger partial charge in [-0.3, -0.25) is 0 Å². The Hall–Kier alpha value is -2.43. The lowest BCUT2D eigenvalue weighted by atomic mass is 10.1. The molecule has 0 aliphatic carbocycles. The number of carbonyl (C=O) groups is 1. The normalized spacial score (nSPS) is 10.3. The smallest absolute Gasteiger partial charge is 0.338 e. The number of furan rings is 1. The van der Waals surface area contributed by atoms with Crippen LogP contribution in [-0.4, -0.2) is 34.2 Å². The molecule has 2 rings (SSSR count). The van der Waals surface area contributed by atoms with E-state index in [2.05, 4.69) is 0 Å². The highest BCUT2D eigenvalue weighted by Crippen LogP contribution is 2.23.